The van der Waals surface area contributed by atoms with E-state index >= 15 is 0 Å². The van der Waals surface area contributed by atoms with Gasteiger partial charge in [-0.15, -0.1) is 0 Å². The third-order valence-electron chi connectivity index (χ3n) is 3.22. The van der Waals surface area contributed by atoms with Crippen LogP contribution in [0.5, 0.6) is 0 Å². The minimum absolute atomic E-state index is 0.224. The fourth-order valence-corrected chi connectivity index (χ4v) is 2.03. The van der Waals surface area contributed by atoms with Crippen LogP contribution in [-0.2, 0) is 9.53 Å². The zero-order valence-corrected chi connectivity index (χ0v) is 10.6. The van der Waals surface area contributed by atoms with Gasteiger partial charge in [-0.3, -0.25) is 4.79 Å². The molecule has 1 aromatic carbocycles. The van der Waals surface area contributed by atoms with Crippen LogP contribution in [0.3, 0.4) is 0 Å². The first-order valence-corrected chi connectivity index (χ1v) is 5.99. The molecule has 5 heteroatoms. The Balaban J connectivity index is 2.18. The van der Waals surface area contributed by atoms with E-state index in [-0.39, 0.29) is 11.5 Å². The minimum Gasteiger partial charge on any atom is -0.365 e. The molecule has 0 spiro atoms. The summed E-state index contributed by atoms with van der Waals surface area (Å²) in [4.78, 5) is 12.1. The number of rotatable bonds is 2. The third-order valence-corrected chi connectivity index (χ3v) is 3.22. The molecule has 0 saturated carbocycles. The number of nitriles is 2. The van der Waals surface area contributed by atoms with Crippen molar-refractivity contribution in [3.63, 3.8) is 0 Å². The van der Waals surface area contributed by atoms with Gasteiger partial charge in [0.2, 0.25) is 0 Å². The average molecular weight is 255 g/mol. The van der Waals surface area contributed by atoms with Crippen molar-refractivity contribution in [2.24, 2.45) is 0 Å². The van der Waals surface area contributed by atoms with Crippen LogP contribution in [0.4, 0.5) is 5.69 Å². The number of hydrogen-bond donors (Lipinski definition) is 1. The van der Waals surface area contributed by atoms with Crippen LogP contribution < -0.4 is 5.32 Å². The number of amides is 1. The molecule has 1 N–H and O–H groups in total. The highest BCUT2D eigenvalue weighted by Gasteiger charge is 2.37. The SMILES string of the molecule is CC1(C(=O)Nc2ccc(C#N)c(C#N)c2)CCCO1. The number of nitrogens with zero attached hydrogens (tertiary/aromatic N) is 2. The van der Waals surface area contributed by atoms with E-state index in [4.69, 9.17) is 15.3 Å². The maximum absolute atomic E-state index is 12.1. The molecule has 5 nitrogen and oxygen atoms in total. The average Bonchev–Trinajstić information content (AvgIpc) is 2.87. The second-order valence-corrected chi connectivity index (χ2v) is 4.62. The van der Waals surface area contributed by atoms with E-state index < -0.39 is 5.60 Å². The molecule has 1 atom stereocenters. The van der Waals surface area contributed by atoms with E-state index in [1.807, 2.05) is 12.1 Å². The Bertz CT molecular complexity index is 590. The van der Waals surface area contributed by atoms with Gasteiger partial charge in [-0.2, -0.15) is 10.5 Å². The monoisotopic (exact) mass is 255 g/mol. The summed E-state index contributed by atoms with van der Waals surface area (Å²) >= 11 is 0. The third kappa shape index (κ3) is 2.57. The molecular weight excluding hydrogens is 242 g/mol. The second-order valence-electron chi connectivity index (χ2n) is 4.62. The summed E-state index contributed by atoms with van der Waals surface area (Å²) in [6.07, 6.45) is 1.54. The molecule has 1 aliphatic rings. The van der Waals surface area contributed by atoms with Crippen molar-refractivity contribution in [1.82, 2.24) is 0 Å². The lowest BCUT2D eigenvalue weighted by Gasteiger charge is -2.21. The molecule has 1 aromatic rings. The largest absolute Gasteiger partial charge is 0.365 e. The van der Waals surface area contributed by atoms with Gasteiger partial charge in [-0.25, -0.2) is 0 Å². The lowest BCUT2D eigenvalue weighted by Crippen LogP contribution is -2.39. The number of hydrogen-bond acceptors (Lipinski definition) is 4. The summed E-state index contributed by atoms with van der Waals surface area (Å²) in [6, 6.07) is 8.49. The van der Waals surface area contributed by atoms with Gasteiger partial charge in [0.05, 0.1) is 11.1 Å². The molecule has 1 saturated heterocycles. The summed E-state index contributed by atoms with van der Waals surface area (Å²) in [5, 5.41) is 20.5. The van der Waals surface area contributed by atoms with Crippen LogP contribution in [0.15, 0.2) is 18.2 Å². The van der Waals surface area contributed by atoms with Crippen molar-refractivity contribution >= 4 is 11.6 Å². The van der Waals surface area contributed by atoms with Crippen LogP contribution in [-0.4, -0.2) is 18.1 Å². The Kier molecular flexibility index (Phi) is 3.50. The van der Waals surface area contributed by atoms with Gasteiger partial charge in [-0.1, -0.05) is 0 Å². The van der Waals surface area contributed by atoms with Gasteiger partial charge in [-0.05, 0) is 38.0 Å². The van der Waals surface area contributed by atoms with Crippen molar-refractivity contribution in [1.29, 1.82) is 10.5 Å². The summed E-state index contributed by atoms with van der Waals surface area (Å²) in [5.74, 6) is -0.224. The summed E-state index contributed by atoms with van der Waals surface area (Å²) in [5.41, 5.74) is 0.236. The molecule has 96 valence electrons. The highest BCUT2D eigenvalue weighted by Crippen LogP contribution is 2.27. The van der Waals surface area contributed by atoms with Gasteiger partial charge in [0.1, 0.15) is 17.7 Å². The molecule has 19 heavy (non-hydrogen) atoms. The number of carbonyl (C=O) groups is 1. The second kappa shape index (κ2) is 5.09. The number of carbonyl (C=O) groups excluding carboxylic acids is 1. The van der Waals surface area contributed by atoms with Gasteiger partial charge in [0.15, 0.2) is 0 Å². The molecule has 1 heterocycles. The number of anilines is 1. The van der Waals surface area contributed by atoms with E-state index in [1.165, 1.54) is 12.1 Å². The lowest BCUT2D eigenvalue weighted by atomic mass is 10.0. The Labute approximate surface area is 111 Å². The first kappa shape index (κ1) is 13.1. The Hall–Kier alpha value is -2.37. The molecular formula is C14H13N3O2. The Morgan fingerprint density at radius 2 is 2.11 bits per heavy atom. The summed E-state index contributed by atoms with van der Waals surface area (Å²) < 4.78 is 5.45. The molecule has 0 aliphatic carbocycles. The lowest BCUT2D eigenvalue weighted by molar-refractivity contribution is -0.133. The van der Waals surface area contributed by atoms with Crippen LogP contribution >= 0.6 is 0 Å². The molecule has 1 amide bonds. The van der Waals surface area contributed by atoms with E-state index in [1.54, 1.807) is 13.0 Å². The Morgan fingerprint density at radius 3 is 2.68 bits per heavy atom. The maximum Gasteiger partial charge on any atom is 0.256 e. The standard InChI is InChI=1S/C14H13N3O2/c1-14(5-2-6-19-14)13(18)17-12-4-3-10(8-15)11(7-12)9-16/h3-4,7H,2,5-6H2,1H3,(H,17,18). The van der Waals surface area contributed by atoms with Gasteiger partial charge in [0.25, 0.3) is 5.91 Å². The van der Waals surface area contributed by atoms with E-state index in [9.17, 15) is 4.79 Å². The van der Waals surface area contributed by atoms with Gasteiger partial charge < -0.3 is 10.1 Å². The molecule has 1 fully saturated rings. The van der Waals surface area contributed by atoms with E-state index in [0.717, 1.165) is 6.42 Å². The molecule has 1 aliphatic heterocycles. The minimum atomic E-state index is -0.805. The van der Waals surface area contributed by atoms with Crippen LogP contribution in [0.25, 0.3) is 0 Å². The van der Waals surface area contributed by atoms with Crippen molar-refractivity contribution in [3.05, 3.63) is 29.3 Å². The first-order valence-electron chi connectivity index (χ1n) is 5.99. The topological polar surface area (TPSA) is 85.9 Å². The zero-order chi connectivity index (χ0) is 13.9. The van der Waals surface area contributed by atoms with Crippen molar-refractivity contribution in [3.8, 4) is 12.1 Å². The number of ether oxygens (including phenoxy) is 1. The predicted molar refractivity (Wildman–Crippen MR) is 68.1 cm³/mol. The van der Waals surface area contributed by atoms with Crippen LogP contribution in [0, 0.1) is 22.7 Å². The first-order chi connectivity index (χ1) is 9.09. The maximum atomic E-state index is 12.1. The van der Waals surface area contributed by atoms with E-state index in [0.29, 0.717) is 24.3 Å². The summed E-state index contributed by atoms with van der Waals surface area (Å²) in [7, 11) is 0. The van der Waals surface area contributed by atoms with Crippen molar-refractivity contribution in [2.45, 2.75) is 25.4 Å². The molecule has 1 unspecified atom stereocenters. The van der Waals surface area contributed by atoms with Crippen molar-refractivity contribution < 1.29 is 9.53 Å². The zero-order valence-electron chi connectivity index (χ0n) is 10.6. The molecule has 0 aromatic heterocycles. The van der Waals surface area contributed by atoms with Gasteiger partial charge >= 0.3 is 0 Å². The number of nitrogens with one attached hydrogen (secondary N) is 1. The van der Waals surface area contributed by atoms with Gasteiger partial charge in [0, 0.05) is 12.3 Å². The highest BCUT2D eigenvalue weighted by atomic mass is 16.5. The highest BCUT2D eigenvalue weighted by molar-refractivity contribution is 5.97. The fourth-order valence-electron chi connectivity index (χ4n) is 2.03. The predicted octanol–water partition coefficient (Wildman–Crippen LogP) is 1.94. The normalized spacial score (nSPS) is 21.4. The molecule has 0 radical (unpaired) electrons. The van der Waals surface area contributed by atoms with Crippen LogP contribution in [0.1, 0.15) is 30.9 Å². The number of benzene rings is 1. The van der Waals surface area contributed by atoms with Crippen molar-refractivity contribution in [2.75, 3.05) is 11.9 Å². The smallest absolute Gasteiger partial charge is 0.256 e. The molecule has 0 bridgehead atoms. The fraction of sp³-hybridized carbons (Fsp3) is 0.357. The summed E-state index contributed by atoms with van der Waals surface area (Å²) in [6.45, 7) is 2.34. The van der Waals surface area contributed by atoms with Crippen LogP contribution in [0.2, 0.25) is 0 Å². The van der Waals surface area contributed by atoms with E-state index in [2.05, 4.69) is 5.32 Å². The Morgan fingerprint density at radius 1 is 1.37 bits per heavy atom. The molecule has 2 rings (SSSR count). The quantitative estimate of drug-likeness (QED) is 0.874.